The second-order valence-electron chi connectivity index (χ2n) is 15.1. The van der Waals surface area contributed by atoms with Gasteiger partial charge >= 0.3 is 12.1 Å². The summed E-state index contributed by atoms with van der Waals surface area (Å²) < 4.78 is 11.2. The van der Waals surface area contributed by atoms with E-state index in [1.54, 1.807) is 53.7 Å². The normalized spacial score (nSPS) is 13.3. The molecule has 0 saturated carbocycles. The predicted octanol–water partition coefficient (Wildman–Crippen LogP) is 6.45. The lowest BCUT2D eigenvalue weighted by Crippen LogP contribution is -2.55. The van der Waals surface area contributed by atoms with Gasteiger partial charge in [0, 0.05) is 19.4 Å². The van der Waals surface area contributed by atoms with Crippen LogP contribution in [0.5, 0.6) is 0 Å². The van der Waals surface area contributed by atoms with Crippen molar-refractivity contribution in [1.29, 1.82) is 0 Å². The van der Waals surface area contributed by atoms with Crippen LogP contribution in [0.1, 0.15) is 123 Å². The van der Waals surface area contributed by atoms with Crippen molar-refractivity contribution >= 4 is 29.8 Å². The number of nitrogens with one attached hydrogen (secondary N) is 2. The van der Waals surface area contributed by atoms with Crippen LogP contribution in [-0.4, -0.2) is 64.5 Å². The van der Waals surface area contributed by atoms with Crippen molar-refractivity contribution in [1.82, 2.24) is 15.5 Å². The van der Waals surface area contributed by atoms with Crippen LogP contribution in [0, 0.1) is 6.92 Å². The fourth-order valence-corrected chi connectivity index (χ4v) is 5.51. The molecule has 3 unspecified atom stereocenters. The number of primary amides is 1. The molecule has 0 aliphatic heterocycles. The van der Waals surface area contributed by atoms with E-state index in [4.69, 9.17) is 15.2 Å². The lowest BCUT2D eigenvalue weighted by molar-refractivity contribution is -0.159. The van der Waals surface area contributed by atoms with Crippen LogP contribution in [0.2, 0.25) is 0 Å². The molecular formula is C40H60N4O7. The van der Waals surface area contributed by atoms with Gasteiger partial charge in [-0.3, -0.25) is 14.4 Å². The minimum Gasteiger partial charge on any atom is -0.458 e. The summed E-state index contributed by atoms with van der Waals surface area (Å²) in [7, 11) is 0. The van der Waals surface area contributed by atoms with Crippen molar-refractivity contribution in [2.75, 3.05) is 6.54 Å². The number of alkyl carbamates (subject to hydrolysis) is 1. The standard InChI is InChI=1S/C40H60N4O7/c1-9-10-11-12-13-17-26-44(36(47)31(24-25-33(41)45)43-38(49)51-40(6,7)8)34(30-22-20-28(2)21-23-30)35(46)42-32(37(48)50-39(3,4)5)27-29-18-15-14-16-19-29/h14-16,18-23,31-32,34H,9-13,17,24-27H2,1-8H3,(H2,41,45)(H,42,46)(H,43,49). The Kier molecular flexibility index (Phi) is 17.1. The fraction of sp³-hybridized carbons (Fsp3) is 0.575. The summed E-state index contributed by atoms with van der Waals surface area (Å²) in [5.74, 6) is -2.42. The number of aryl methyl sites for hydroxylation is 1. The summed E-state index contributed by atoms with van der Waals surface area (Å²) in [4.78, 5) is 69.1. The van der Waals surface area contributed by atoms with E-state index in [0.717, 1.165) is 43.2 Å². The van der Waals surface area contributed by atoms with Gasteiger partial charge in [0.15, 0.2) is 0 Å². The number of amides is 4. The highest BCUT2D eigenvalue weighted by Crippen LogP contribution is 2.26. The molecule has 11 nitrogen and oxygen atoms in total. The van der Waals surface area contributed by atoms with E-state index in [1.165, 1.54) is 4.90 Å². The van der Waals surface area contributed by atoms with Crippen LogP contribution in [-0.2, 0) is 35.1 Å². The summed E-state index contributed by atoms with van der Waals surface area (Å²) in [5, 5.41) is 5.56. The molecule has 0 fully saturated rings. The zero-order valence-electron chi connectivity index (χ0n) is 31.9. The SMILES string of the molecule is CCCCCCCCN(C(=O)C(CCC(N)=O)NC(=O)OC(C)(C)C)C(C(=O)NC(Cc1ccccc1)C(=O)OC(C)(C)C)c1ccc(C)cc1. The molecular weight excluding hydrogens is 648 g/mol. The number of rotatable bonds is 19. The number of carbonyl (C=O) groups is 5. The first kappa shape index (κ1) is 42.8. The van der Waals surface area contributed by atoms with Gasteiger partial charge in [-0.05, 0) is 72.4 Å². The molecule has 282 valence electrons. The number of nitrogens with two attached hydrogens (primary N) is 1. The fourth-order valence-electron chi connectivity index (χ4n) is 5.51. The molecule has 2 rings (SSSR count). The second kappa shape index (κ2) is 20.4. The molecule has 0 saturated heterocycles. The zero-order chi connectivity index (χ0) is 38.2. The molecule has 0 aliphatic carbocycles. The first-order valence-corrected chi connectivity index (χ1v) is 18.1. The second-order valence-corrected chi connectivity index (χ2v) is 15.1. The lowest BCUT2D eigenvalue weighted by atomic mass is 9.98. The van der Waals surface area contributed by atoms with Gasteiger partial charge in [0.05, 0.1) is 0 Å². The van der Waals surface area contributed by atoms with E-state index in [1.807, 2.05) is 49.4 Å². The maximum Gasteiger partial charge on any atom is 0.408 e. The molecule has 4 N–H and O–H groups in total. The largest absolute Gasteiger partial charge is 0.458 e. The van der Waals surface area contributed by atoms with Crippen LogP contribution in [0.15, 0.2) is 54.6 Å². The average Bonchev–Trinajstić information content (AvgIpc) is 3.03. The molecule has 2 aromatic carbocycles. The minimum atomic E-state index is -1.22. The third-order valence-electron chi connectivity index (χ3n) is 7.95. The van der Waals surface area contributed by atoms with Crippen LogP contribution in [0.4, 0.5) is 4.79 Å². The monoisotopic (exact) mass is 708 g/mol. The molecule has 0 bridgehead atoms. The number of esters is 1. The highest BCUT2D eigenvalue weighted by Gasteiger charge is 2.38. The van der Waals surface area contributed by atoms with Gasteiger partial charge in [-0.1, -0.05) is 99.2 Å². The topological polar surface area (TPSA) is 157 Å². The number of carbonyl (C=O) groups excluding carboxylic acids is 5. The van der Waals surface area contributed by atoms with Crippen LogP contribution in [0.3, 0.4) is 0 Å². The molecule has 51 heavy (non-hydrogen) atoms. The first-order valence-electron chi connectivity index (χ1n) is 18.1. The van der Waals surface area contributed by atoms with E-state index in [2.05, 4.69) is 17.6 Å². The number of ether oxygens (including phenoxy) is 2. The van der Waals surface area contributed by atoms with E-state index >= 15 is 0 Å². The van der Waals surface area contributed by atoms with Crippen molar-refractivity contribution in [3.05, 3.63) is 71.3 Å². The van der Waals surface area contributed by atoms with Gasteiger partial charge in [0.1, 0.15) is 29.3 Å². The molecule has 3 atom stereocenters. The quantitative estimate of drug-likeness (QED) is 0.112. The third-order valence-corrected chi connectivity index (χ3v) is 7.95. The number of hydrogen-bond acceptors (Lipinski definition) is 7. The van der Waals surface area contributed by atoms with Crippen LogP contribution in [0.25, 0.3) is 0 Å². The third kappa shape index (κ3) is 16.4. The van der Waals surface area contributed by atoms with E-state index < -0.39 is 59.1 Å². The summed E-state index contributed by atoms with van der Waals surface area (Å²) in [6, 6.07) is 13.1. The summed E-state index contributed by atoms with van der Waals surface area (Å²) in [6.07, 6.45) is 4.61. The molecule has 0 spiro atoms. The molecule has 0 heterocycles. The highest BCUT2D eigenvalue weighted by molar-refractivity contribution is 5.94. The Balaban J connectivity index is 2.63. The number of nitrogens with zero attached hydrogens (tertiary/aromatic N) is 1. The highest BCUT2D eigenvalue weighted by atomic mass is 16.6. The molecule has 2 aromatic rings. The Hall–Kier alpha value is -4.41. The Bertz CT molecular complexity index is 1420. The van der Waals surface area contributed by atoms with Gasteiger partial charge in [-0.15, -0.1) is 0 Å². The first-order chi connectivity index (χ1) is 23.9. The maximum atomic E-state index is 14.6. The van der Waals surface area contributed by atoms with Crippen molar-refractivity contribution in [3.8, 4) is 0 Å². The number of benzene rings is 2. The molecule has 4 amide bonds. The Morgan fingerprint density at radius 1 is 0.765 bits per heavy atom. The Labute approximate surface area is 304 Å². The molecule has 0 aromatic heterocycles. The number of unbranched alkanes of at least 4 members (excludes halogenated alkanes) is 5. The summed E-state index contributed by atoms with van der Waals surface area (Å²) >= 11 is 0. The predicted molar refractivity (Wildman–Crippen MR) is 199 cm³/mol. The zero-order valence-corrected chi connectivity index (χ0v) is 31.9. The Morgan fingerprint density at radius 3 is 1.92 bits per heavy atom. The van der Waals surface area contributed by atoms with E-state index in [-0.39, 0.29) is 25.8 Å². The van der Waals surface area contributed by atoms with E-state index in [0.29, 0.717) is 12.0 Å². The summed E-state index contributed by atoms with van der Waals surface area (Å²) in [6.45, 7) is 14.6. The molecule has 0 radical (unpaired) electrons. The maximum absolute atomic E-state index is 14.6. The molecule has 0 aliphatic rings. The molecule has 11 heteroatoms. The van der Waals surface area contributed by atoms with Gasteiger partial charge in [0.2, 0.25) is 17.7 Å². The summed E-state index contributed by atoms with van der Waals surface area (Å²) in [5.41, 5.74) is 6.10. The van der Waals surface area contributed by atoms with Crippen LogP contribution < -0.4 is 16.4 Å². The minimum absolute atomic E-state index is 0.100. The van der Waals surface area contributed by atoms with E-state index in [9.17, 15) is 24.0 Å². The average molecular weight is 709 g/mol. The number of hydrogen-bond donors (Lipinski definition) is 3. The Morgan fingerprint density at radius 2 is 1.35 bits per heavy atom. The van der Waals surface area contributed by atoms with Crippen molar-refractivity contribution in [3.63, 3.8) is 0 Å². The van der Waals surface area contributed by atoms with Crippen molar-refractivity contribution < 1.29 is 33.4 Å². The van der Waals surface area contributed by atoms with Crippen LogP contribution >= 0.6 is 0 Å². The van der Waals surface area contributed by atoms with Gasteiger partial charge in [0.25, 0.3) is 0 Å². The lowest BCUT2D eigenvalue weighted by Gasteiger charge is -2.35. The van der Waals surface area contributed by atoms with Crippen molar-refractivity contribution in [2.45, 2.75) is 143 Å². The van der Waals surface area contributed by atoms with Gasteiger partial charge in [-0.2, -0.15) is 0 Å². The van der Waals surface area contributed by atoms with Gasteiger partial charge in [-0.25, -0.2) is 9.59 Å². The van der Waals surface area contributed by atoms with Gasteiger partial charge < -0.3 is 30.7 Å². The smallest absolute Gasteiger partial charge is 0.408 e. The van der Waals surface area contributed by atoms with Crippen molar-refractivity contribution in [2.24, 2.45) is 5.73 Å².